The number of benzene rings is 1. The van der Waals surface area contributed by atoms with Gasteiger partial charge in [-0.25, -0.2) is 0 Å². The summed E-state index contributed by atoms with van der Waals surface area (Å²) in [4.78, 5) is 2.64. The second-order valence-electron chi connectivity index (χ2n) is 4.66. The van der Waals surface area contributed by atoms with Crippen LogP contribution in [-0.2, 0) is 6.54 Å². The van der Waals surface area contributed by atoms with Crippen molar-refractivity contribution < 1.29 is 0 Å². The summed E-state index contributed by atoms with van der Waals surface area (Å²) in [6, 6.07) is 9.47. The van der Waals surface area contributed by atoms with E-state index in [2.05, 4.69) is 34.5 Å². The van der Waals surface area contributed by atoms with E-state index in [1.54, 1.807) is 0 Å². The summed E-state index contributed by atoms with van der Waals surface area (Å²) in [7, 11) is 0. The van der Waals surface area contributed by atoms with E-state index < -0.39 is 0 Å². The zero-order chi connectivity index (χ0) is 10.1. The number of nitrogens with one attached hydrogen (secondary N) is 1. The summed E-state index contributed by atoms with van der Waals surface area (Å²) >= 11 is 0. The topological polar surface area (TPSA) is 15.3 Å². The molecule has 0 bridgehead atoms. The number of anilines is 1. The Balaban J connectivity index is 1.88. The quantitative estimate of drug-likeness (QED) is 0.695. The summed E-state index contributed by atoms with van der Waals surface area (Å²) in [6.07, 6.45) is 4.14. The molecule has 0 aromatic heterocycles. The highest BCUT2D eigenvalue weighted by atomic mass is 15.2. The lowest BCUT2D eigenvalue weighted by molar-refractivity contribution is 0.151. The standard InChI is InChI=1S/C13H18N2/c1-2-7-13-11(5-1)10-15-8-4-3-6-12(15)9-14-13/h1-2,5,7,12,14H,3-4,6,8-10H2. The smallest absolute Gasteiger partial charge is 0.0386 e. The van der Waals surface area contributed by atoms with Gasteiger partial charge in [-0.2, -0.15) is 0 Å². The van der Waals surface area contributed by atoms with Crippen molar-refractivity contribution in [3.63, 3.8) is 0 Å². The molecule has 2 heteroatoms. The van der Waals surface area contributed by atoms with Gasteiger partial charge in [0.2, 0.25) is 0 Å². The maximum atomic E-state index is 3.58. The van der Waals surface area contributed by atoms with E-state index >= 15 is 0 Å². The van der Waals surface area contributed by atoms with E-state index in [4.69, 9.17) is 0 Å². The Labute approximate surface area is 91.3 Å². The Morgan fingerprint density at radius 3 is 3.13 bits per heavy atom. The minimum absolute atomic E-state index is 0.756. The summed E-state index contributed by atoms with van der Waals surface area (Å²) in [5.74, 6) is 0. The maximum Gasteiger partial charge on any atom is 0.0386 e. The van der Waals surface area contributed by atoms with Gasteiger partial charge in [0, 0.05) is 24.8 Å². The first-order valence-electron chi connectivity index (χ1n) is 5.99. The van der Waals surface area contributed by atoms with Crippen LogP contribution < -0.4 is 5.32 Å². The minimum Gasteiger partial charge on any atom is -0.383 e. The van der Waals surface area contributed by atoms with Gasteiger partial charge in [0.15, 0.2) is 0 Å². The lowest BCUT2D eigenvalue weighted by atomic mass is 10.0. The summed E-state index contributed by atoms with van der Waals surface area (Å²) < 4.78 is 0. The fourth-order valence-electron chi connectivity index (χ4n) is 2.78. The van der Waals surface area contributed by atoms with Gasteiger partial charge < -0.3 is 5.32 Å². The molecular weight excluding hydrogens is 184 g/mol. The first-order chi connectivity index (χ1) is 7.43. The number of fused-ring (bicyclic) bond motifs is 2. The van der Waals surface area contributed by atoms with Crippen LogP contribution in [0.2, 0.25) is 0 Å². The molecule has 0 amide bonds. The Kier molecular flexibility index (Phi) is 2.37. The molecule has 0 aliphatic carbocycles. The Morgan fingerprint density at radius 1 is 1.20 bits per heavy atom. The van der Waals surface area contributed by atoms with Crippen molar-refractivity contribution in [2.24, 2.45) is 0 Å². The van der Waals surface area contributed by atoms with Gasteiger partial charge in [-0.05, 0) is 31.0 Å². The van der Waals surface area contributed by atoms with Crippen LogP contribution in [0.3, 0.4) is 0 Å². The molecule has 15 heavy (non-hydrogen) atoms. The second-order valence-corrected chi connectivity index (χ2v) is 4.66. The summed E-state index contributed by atoms with van der Waals surface area (Å²) in [5, 5.41) is 3.58. The first-order valence-corrected chi connectivity index (χ1v) is 5.99. The SMILES string of the molecule is c1ccc2c(c1)CN1CCCCC1CN2. The average molecular weight is 202 g/mol. The van der Waals surface area contributed by atoms with Gasteiger partial charge in [-0.1, -0.05) is 24.6 Å². The van der Waals surface area contributed by atoms with E-state index in [0.717, 1.165) is 19.1 Å². The predicted octanol–water partition coefficient (Wildman–Crippen LogP) is 2.47. The third-order valence-electron chi connectivity index (χ3n) is 3.67. The largest absolute Gasteiger partial charge is 0.383 e. The van der Waals surface area contributed by atoms with E-state index in [1.165, 1.54) is 37.1 Å². The second kappa shape index (κ2) is 3.86. The first kappa shape index (κ1) is 9.22. The molecule has 1 aromatic carbocycles. The highest BCUT2D eigenvalue weighted by molar-refractivity contribution is 5.51. The minimum atomic E-state index is 0.756. The highest BCUT2D eigenvalue weighted by Gasteiger charge is 2.25. The highest BCUT2D eigenvalue weighted by Crippen LogP contribution is 2.26. The molecule has 2 aliphatic heterocycles. The van der Waals surface area contributed by atoms with Crippen LogP contribution in [0.4, 0.5) is 5.69 Å². The van der Waals surface area contributed by atoms with Gasteiger partial charge in [-0.3, -0.25) is 4.90 Å². The molecule has 1 saturated heterocycles. The van der Waals surface area contributed by atoms with Gasteiger partial charge in [0.05, 0.1) is 0 Å². The third-order valence-corrected chi connectivity index (χ3v) is 3.67. The molecule has 2 nitrogen and oxygen atoms in total. The number of hydrogen-bond acceptors (Lipinski definition) is 2. The third kappa shape index (κ3) is 1.74. The van der Waals surface area contributed by atoms with Crippen LogP contribution in [0, 0.1) is 0 Å². The molecular formula is C13H18N2. The molecule has 80 valence electrons. The molecule has 3 rings (SSSR count). The number of piperidine rings is 1. The lowest BCUT2D eigenvalue weighted by Gasteiger charge is -2.33. The van der Waals surface area contributed by atoms with Crippen molar-refractivity contribution in [2.45, 2.75) is 31.8 Å². The van der Waals surface area contributed by atoms with Gasteiger partial charge in [0.25, 0.3) is 0 Å². The van der Waals surface area contributed by atoms with Gasteiger partial charge in [-0.15, -0.1) is 0 Å². The molecule has 1 unspecified atom stereocenters. The molecule has 0 spiro atoms. The van der Waals surface area contributed by atoms with Crippen LogP contribution in [0.15, 0.2) is 24.3 Å². The van der Waals surface area contributed by atoms with Crippen LogP contribution >= 0.6 is 0 Å². The van der Waals surface area contributed by atoms with Crippen molar-refractivity contribution in [3.05, 3.63) is 29.8 Å². The number of hydrogen-bond donors (Lipinski definition) is 1. The monoisotopic (exact) mass is 202 g/mol. The predicted molar refractivity (Wildman–Crippen MR) is 63.0 cm³/mol. The molecule has 1 N–H and O–H groups in total. The number of nitrogens with zero attached hydrogens (tertiary/aromatic N) is 1. The van der Waals surface area contributed by atoms with Gasteiger partial charge >= 0.3 is 0 Å². The van der Waals surface area contributed by atoms with E-state index in [1.807, 2.05) is 0 Å². The van der Waals surface area contributed by atoms with E-state index in [9.17, 15) is 0 Å². The number of rotatable bonds is 0. The summed E-state index contributed by atoms with van der Waals surface area (Å²) in [6.45, 7) is 3.53. The van der Waals surface area contributed by atoms with Crippen LogP contribution in [0.1, 0.15) is 24.8 Å². The summed E-state index contributed by atoms with van der Waals surface area (Å²) in [5.41, 5.74) is 2.80. The fourth-order valence-corrected chi connectivity index (χ4v) is 2.78. The van der Waals surface area contributed by atoms with Crippen molar-refractivity contribution in [2.75, 3.05) is 18.4 Å². The normalized spacial score (nSPS) is 26.0. The molecule has 0 radical (unpaired) electrons. The molecule has 0 saturated carbocycles. The Hall–Kier alpha value is -1.02. The zero-order valence-electron chi connectivity index (χ0n) is 9.08. The molecule has 2 heterocycles. The van der Waals surface area contributed by atoms with Crippen molar-refractivity contribution in [1.82, 2.24) is 4.90 Å². The zero-order valence-corrected chi connectivity index (χ0v) is 9.08. The van der Waals surface area contributed by atoms with Crippen molar-refractivity contribution >= 4 is 5.69 Å². The van der Waals surface area contributed by atoms with Gasteiger partial charge in [0.1, 0.15) is 0 Å². The lowest BCUT2D eigenvalue weighted by Crippen LogP contribution is -2.41. The average Bonchev–Trinajstić information content (AvgIpc) is 2.48. The molecule has 1 atom stereocenters. The van der Waals surface area contributed by atoms with Crippen LogP contribution in [0.25, 0.3) is 0 Å². The van der Waals surface area contributed by atoms with Crippen LogP contribution in [0.5, 0.6) is 0 Å². The maximum absolute atomic E-state index is 3.58. The fraction of sp³-hybridized carbons (Fsp3) is 0.538. The van der Waals surface area contributed by atoms with Crippen LogP contribution in [-0.4, -0.2) is 24.0 Å². The van der Waals surface area contributed by atoms with E-state index in [-0.39, 0.29) is 0 Å². The molecule has 1 aromatic rings. The molecule has 1 fully saturated rings. The van der Waals surface area contributed by atoms with E-state index in [0.29, 0.717) is 0 Å². The Bertz CT molecular complexity index is 348. The van der Waals surface area contributed by atoms with Crippen molar-refractivity contribution in [1.29, 1.82) is 0 Å². The molecule has 2 aliphatic rings. The Morgan fingerprint density at radius 2 is 2.13 bits per heavy atom. The number of para-hydroxylation sites is 1. The van der Waals surface area contributed by atoms with Crippen molar-refractivity contribution in [3.8, 4) is 0 Å².